The molecule has 2 aliphatic rings. The first-order valence-corrected chi connectivity index (χ1v) is 7.90. The quantitative estimate of drug-likeness (QED) is 0.440. The predicted molar refractivity (Wildman–Crippen MR) is 81.0 cm³/mol. The van der Waals surface area contributed by atoms with Crippen LogP contribution in [0.2, 0.25) is 0 Å². The second-order valence-corrected chi connectivity index (χ2v) is 6.53. The molecule has 0 aliphatic carbocycles. The number of thiocyanates is 1. The molecule has 8 heteroatoms. The SMILES string of the molecule is Cc1cc(N2CCCC2)nc2c1N(SC#N)C(N)S2.[H-].[K+]. The molecule has 1 saturated heterocycles. The number of aryl methyl sites for hydroxylation is 1. The number of thioether (sulfide) groups is 1. The third kappa shape index (κ3) is 3.15. The third-order valence-corrected chi connectivity index (χ3v) is 5.17. The Labute approximate surface area is 171 Å². The van der Waals surface area contributed by atoms with Crippen LogP contribution in [0, 0.1) is 17.6 Å². The Morgan fingerprint density at radius 3 is 2.90 bits per heavy atom. The number of hydrogen-bond acceptors (Lipinski definition) is 7. The number of fused-ring (bicyclic) bond motifs is 1. The Morgan fingerprint density at radius 2 is 2.25 bits per heavy atom. The molecule has 1 aromatic rings. The standard InChI is InChI=1S/C12H15N5S2.K.H/c1-8-6-9(16-4-2-3-5-16)15-11-10(8)17(18-7-13)12(14)19-11;;/h6,12H,2-5,14H2,1H3;;/q;+1;-1. The van der Waals surface area contributed by atoms with Crippen LogP contribution in [0.1, 0.15) is 19.8 Å². The van der Waals surface area contributed by atoms with Crippen LogP contribution in [0.25, 0.3) is 0 Å². The van der Waals surface area contributed by atoms with Gasteiger partial charge in [-0.3, -0.25) is 4.31 Å². The van der Waals surface area contributed by atoms with Crippen LogP contribution in [0.5, 0.6) is 0 Å². The second-order valence-electron chi connectivity index (χ2n) is 4.66. The van der Waals surface area contributed by atoms with Gasteiger partial charge in [0.1, 0.15) is 16.3 Å². The van der Waals surface area contributed by atoms with Gasteiger partial charge in [-0.25, -0.2) is 4.98 Å². The summed E-state index contributed by atoms with van der Waals surface area (Å²) in [4.78, 5) is 7.04. The summed E-state index contributed by atoms with van der Waals surface area (Å²) < 4.78 is 1.84. The van der Waals surface area contributed by atoms with Crippen molar-refractivity contribution >= 4 is 35.2 Å². The van der Waals surface area contributed by atoms with Gasteiger partial charge in [0.15, 0.2) is 5.40 Å². The average Bonchev–Trinajstić information content (AvgIpc) is 2.98. The molecule has 0 spiro atoms. The van der Waals surface area contributed by atoms with Crippen molar-refractivity contribution in [2.45, 2.75) is 30.3 Å². The normalized spacial score (nSPS) is 20.6. The minimum atomic E-state index is -0.236. The van der Waals surface area contributed by atoms with Gasteiger partial charge in [0.05, 0.1) is 17.6 Å². The van der Waals surface area contributed by atoms with Crippen LogP contribution in [0.15, 0.2) is 11.1 Å². The van der Waals surface area contributed by atoms with Crippen LogP contribution in [0.3, 0.4) is 0 Å². The predicted octanol–water partition coefficient (Wildman–Crippen LogP) is -0.610. The minimum Gasteiger partial charge on any atom is -1.00 e. The van der Waals surface area contributed by atoms with E-state index in [0.29, 0.717) is 0 Å². The van der Waals surface area contributed by atoms with Crippen LogP contribution in [-0.4, -0.2) is 23.6 Å². The fraction of sp³-hybridized carbons (Fsp3) is 0.500. The second kappa shape index (κ2) is 7.20. The molecule has 102 valence electrons. The Morgan fingerprint density at radius 1 is 1.55 bits per heavy atom. The summed E-state index contributed by atoms with van der Waals surface area (Å²) in [5.74, 6) is 1.04. The Hall–Kier alpha value is 0.536. The van der Waals surface area contributed by atoms with Crippen molar-refractivity contribution < 1.29 is 52.8 Å². The van der Waals surface area contributed by atoms with Crippen molar-refractivity contribution in [3.8, 4) is 5.40 Å². The zero-order chi connectivity index (χ0) is 13.4. The first-order chi connectivity index (χ1) is 9.20. The zero-order valence-electron chi connectivity index (χ0n) is 12.7. The van der Waals surface area contributed by atoms with Crippen molar-refractivity contribution in [2.24, 2.45) is 5.73 Å². The van der Waals surface area contributed by atoms with E-state index in [1.807, 2.05) is 4.31 Å². The van der Waals surface area contributed by atoms with E-state index in [0.717, 1.165) is 47.1 Å². The van der Waals surface area contributed by atoms with Gasteiger partial charge in [-0.2, -0.15) is 5.26 Å². The van der Waals surface area contributed by atoms with Gasteiger partial charge in [-0.1, -0.05) is 11.8 Å². The number of nitrogens with two attached hydrogens (primary N) is 1. The zero-order valence-corrected chi connectivity index (χ0v) is 16.4. The summed E-state index contributed by atoms with van der Waals surface area (Å²) in [6, 6.07) is 2.10. The molecule has 1 aromatic heterocycles. The smallest absolute Gasteiger partial charge is 1.00 e. The number of pyridine rings is 1. The van der Waals surface area contributed by atoms with Crippen LogP contribution >= 0.6 is 23.7 Å². The fourth-order valence-corrected chi connectivity index (χ4v) is 4.29. The minimum absolute atomic E-state index is 0. The van der Waals surface area contributed by atoms with E-state index in [2.05, 4.69) is 23.3 Å². The number of nitriles is 1. The van der Waals surface area contributed by atoms with E-state index in [1.165, 1.54) is 24.6 Å². The molecule has 0 saturated carbocycles. The van der Waals surface area contributed by atoms with E-state index in [-0.39, 0.29) is 58.3 Å². The molecule has 0 radical (unpaired) electrons. The molecule has 2 N–H and O–H groups in total. The summed E-state index contributed by atoms with van der Waals surface area (Å²) >= 11 is 2.60. The van der Waals surface area contributed by atoms with Gasteiger partial charge in [0.2, 0.25) is 0 Å². The van der Waals surface area contributed by atoms with Gasteiger partial charge < -0.3 is 12.1 Å². The van der Waals surface area contributed by atoms with E-state index in [9.17, 15) is 0 Å². The van der Waals surface area contributed by atoms with Crippen molar-refractivity contribution in [2.75, 3.05) is 22.3 Å². The number of rotatable bonds is 2. The molecule has 0 bridgehead atoms. The van der Waals surface area contributed by atoms with Crippen molar-refractivity contribution in [1.82, 2.24) is 4.98 Å². The van der Waals surface area contributed by atoms with Crippen LogP contribution < -0.4 is 66.3 Å². The monoisotopic (exact) mass is 333 g/mol. The molecule has 1 atom stereocenters. The summed E-state index contributed by atoms with van der Waals surface area (Å²) in [5.41, 5.74) is 7.94. The summed E-state index contributed by atoms with van der Waals surface area (Å²) in [6.07, 6.45) is 2.47. The number of anilines is 2. The Bertz CT molecular complexity index is 547. The van der Waals surface area contributed by atoms with Crippen molar-refractivity contribution in [1.29, 1.82) is 5.26 Å². The molecule has 1 unspecified atom stereocenters. The first-order valence-electron chi connectivity index (χ1n) is 6.25. The molecule has 0 aromatic carbocycles. The molecular formula is C12H16KN5S2. The molecular weight excluding hydrogens is 317 g/mol. The number of nitrogens with zero attached hydrogens (tertiary/aromatic N) is 4. The van der Waals surface area contributed by atoms with E-state index in [4.69, 9.17) is 16.0 Å². The number of hydrogen-bond donors (Lipinski definition) is 1. The van der Waals surface area contributed by atoms with Gasteiger partial charge in [-0.05, 0) is 31.4 Å². The largest absolute Gasteiger partial charge is 1.00 e. The van der Waals surface area contributed by atoms with Crippen LogP contribution in [-0.2, 0) is 0 Å². The Kier molecular flexibility index (Phi) is 6.08. The topological polar surface area (TPSA) is 69.2 Å². The molecule has 3 heterocycles. The van der Waals surface area contributed by atoms with Crippen LogP contribution in [0.4, 0.5) is 11.5 Å². The molecule has 1 fully saturated rings. The maximum atomic E-state index is 8.87. The summed E-state index contributed by atoms with van der Waals surface area (Å²) in [5, 5.41) is 11.9. The fourth-order valence-electron chi connectivity index (χ4n) is 2.51. The molecule has 3 rings (SSSR count). The maximum Gasteiger partial charge on any atom is 1.00 e. The average molecular weight is 334 g/mol. The van der Waals surface area contributed by atoms with E-state index in [1.54, 1.807) is 0 Å². The van der Waals surface area contributed by atoms with Gasteiger partial charge >= 0.3 is 51.4 Å². The van der Waals surface area contributed by atoms with Crippen molar-refractivity contribution in [3.05, 3.63) is 11.6 Å². The first kappa shape index (κ1) is 16.9. The van der Waals surface area contributed by atoms with Crippen molar-refractivity contribution in [3.63, 3.8) is 0 Å². The third-order valence-electron chi connectivity index (χ3n) is 3.39. The van der Waals surface area contributed by atoms with E-state index >= 15 is 0 Å². The molecule has 0 amide bonds. The van der Waals surface area contributed by atoms with Gasteiger partial charge in [0.25, 0.3) is 0 Å². The Balaban J connectivity index is 0.00000110. The summed E-state index contributed by atoms with van der Waals surface area (Å²) in [6.45, 7) is 4.22. The molecule has 20 heavy (non-hydrogen) atoms. The van der Waals surface area contributed by atoms with Gasteiger partial charge in [-0.15, -0.1) is 0 Å². The van der Waals surface area contributed by atoms with E-state index < -0.39 is 0 Å². The molecule has 5 nitrogen and oxygen atoms in total. The molecule has 2 aliphatic heterocycles. The van der Waals surface area contributed by atoms with Gasteiger partial charge in [0, 0.05) is 13.1 Å². The number of aromatic nitrogens is 1. The summed E-state index contributed by atoms with van der Waals surface area (Å²) in [7, 11) is 0. The maximum absolute atomic E-state index is 8.87.